The molecular formula is C25H25N3O4S. The van der Waals surface area contributed by atoms with Gasteiger partial charge in [0.05, 0.1) is 22.0 Å². The summed E-state index contributed by atoms with van der Waals surface area (Å²) in [7, 11) is -4.05. The Kier molecular flexibility index (Phi) is 5.95. The van der Waals surface area contributed by atoms with Crippen LogP contribution in [-0.4, -0.2) is 33.3 Å². The van der Waals surface area contributed by atoms with Gasteiger partial charge in [-0.2, -0.15) is 0 Å². The van der Waals surface area contributed by atoms with Crippen LogP contribution >= 0.6 is 0 Å². The monoisotopic (exact) mass is 463 g/mol. The first-order valence-electron chi connectivity index (χ1n) is 10.5. The van der Waals surface area contributed by atoms with Crippen molar-refractivity contribution in [2.45, 2.75) is 25.7 Å². The van der Waals surface area contributed by atoms with Crippen LogP contribution in [0.2, 0.25) is 0 Å². The van der Waals surface area contributed by atoms with Gasteiger partial charge in [0.25, 0.3) is 10.0 Å². The molecule has 3 aromatic rings. The van der Waals surface area contributed by atoms with Gasteiger partial charge in [-0.15, -0.1) is 0 Å². The van der Waals surface area contributed by atoms with Gasteiger partial charge in [0.2, 0.25) is 11.8 Å². The second-order valence-electron chi connectivity index (χ2n) is 8.09. The van der Waals surface area contributed by atoms with Crippen LogP contribution < -0.4 is 14.5 Å². The molecule has 0 saturated heterocycles. The Bertz CT molecular complexity index is 1330. The van der Waals surface area contributed by atoms with Crippen LogP contribution in [0.25, 0.3) is 0 Å². The lowest BCUT2D eigenvalue weighted by Crippen LogP contribution is -2.48. The maximum Gasteiger partial charge on any atom is 0.264 e. The molecule has 0 unspecified atom stereocenters. The molecule has 4 rings (SSSR count). The highest BCUT2D eigenvalue weighted by atomic mass is 32.2. The van der Waals surface area contributed by atoms with Crippen molar-refractivity contribution in [2.24, 2.45) is 0 Å². The minimum absolute atomic E-state index is 0.0959. The van der Waals surface area contributed by atoms with Gasteiger partial charge >= 0.3 is 0 Å². The zero-order chi connectivity index (χ0) is 23.8. The summed E-state index contributed by atoms with van der Waals surface area (Å²) in [4.78, 5) is 27.1. The van der Waals surface area contributed by atoms with E-state index in [0.717, 1.165) is 21.0 Å². The maximum atomic E-state index is 13.7. The number of aryl methyl sites for hydroxylation is 2. The normalized spacial score (nSPS) is 13.3. The van der Waals surface area contributed by atoms with Crippen molar-refractivity contribution in [3.8, 4) is 0 Å². The number of hydrogen-bond donors (Lipinski definition) is 1. The Morgan fingerprint density at radius 1 is 0.970 bits per heavy atom. The predicted molar refractivity (Wildman–Crippen MR) is 129 cm³/mol. The number of fused-ring (bicyclic) bond motifs is 1. The van der Waals surface area contributed by atoms with Gasteiger partial charge in [-0.3, -0.25) is 18.8 Å². The van der Waals surface area contributed by atoms with Crippen molar-refractivity contribution in [1.29, 1.82) is 0 Å². The lowest BCUT2D eigenvalue weighted by molar-refractivity contribution is -0.121. The summed E-state index contributed by atoms with van der Waals surface area (Å²) in [5.74, 6) is -0.823. The predicted octanol–water partition coefficient (Wildman–Crippen LogP) is 3.79. The van der Waals surface area contributed by atoms with E-state index in [4.69, 9.17) is 0 Å². The Labute approximate surface area is 193 Å². The molecule has 0 spiro atoms. The molecule has 1 N–H and O–H groups in total. The summed E-state index contributed by atoms with van der Waals surface area (Å²) in [5, 5.41) is 2.74. The van der Waals surface area contributed by atoms with Gasteiger partial charge in [-0.1, -0.05) is 42.0 Å². The molecule has 0 fully saturated rings. The molecule has 170 valence electrons. The van der Waals surface area contributed by atoms with Crippen molar-refractivity contribution in [3.63, 3.8) is 0 Å². The molecule has 0 saturated carbocycles. The number of nitrogens with zero attached hydrogens (tertiary/aromatic N) is 2. The van der Waals surface area contributed by atoms with Gasteiger partial charge in [0, 0.05) is 0 Å². The quantitative estimate of drug-likeness (QED) is 0.624. The van der Waals surface area contributed by atoms with Crippen LogP contribution in [0.15, 0.2) is 71.6 Å². The number of nitrogens with one attached hydrogen (secondary N) is 1. The van der Waals surface area contributed by atoms with Gasteiger partial charge in [-0.05, 0) is 62.2 Å². The molecule has 1 aliphatic rings. The van der Waals surface area contributed by atoms with E-state index in [2.05, 4.69) is 5.32 Å². The average molecular weight is 464 g/mol. The highest BCUT2D eigenvalue weighted by Crippen LogP contribution is 2.32. The third kappa shape index (κ3) is 4.34. The summed E-state index contributed by atoms with van der Waals surface area (Å²) >= 11 is 0. The first-order chi connectivity index (χ1) is 15.7. The zero-order valence-corrected chi connectivity index (χ0v) is 19.5. The topological polar surface area (TPSA) is 86.8 Å². The molecule has 1 aliphatic heterocycles. The van der Waals surface area contributed by atoms with Crippen molar-refractivity contribution >= 4 is 38.9 Å². The molecule has 33 heavy (non-hydrogen) atoms. The van der Waals surface area contributed by atoms with Crippen molar-refractivity contribution in [3.05, 3.63) is 83.4 Å². The van der Waals surface area contributed by atoms with Gasteiger partial charge in [0.1, 0.15) is 13.1 Å². The lowest BCUT2D eigenvalue weighted by Gasteiger charge is -2.32. The van der Waals surface area contributed by atoms with Gasteiger partial charge in [-0.25, -0.2) is 8.42 Å². The van der Waals surface area contributed by atoms with Crippen molar-refractivity contribution < 1.29 is 18.0 Å². The van der Waals surface area contributed by atoms with E-state index >= 15 is 0 Å². The summed E-state index contributed by atoms with van der Waals surface area (Å²) in [6.07, 6.45) is 0. The fourth-order valence-corrected chi connectivity index (χ4v) is 5.28. The number of carbonyl (C=O) groups excluding carboxylic acids is 2. The number of benzene rings is 3. The van der Waals surface area contributed by atoms with Crippen LogP contribution in [0.1, 0.15) is 16.7 Å². The fraction of sp³-hybridized carbons (Fsp3) is 0.200. The summed E-state index contributed by atoms with van der Waals surface area (Å²) in [6.45, 7) is 4.98. The molecule has 7 nitrogen and oxygen atoms in total. The first kappa shape index (κ1) is 22.5. The van der Waals surface area contributed by atoms with Gasteiger partial charge in [0.15, 0.2) is 0 Å². The third-order valence-corrected chi connectivity index (χ3v) is 7.58. The van der Waals surface area contributed by atoms with Gasteiger partial charge < -0.3 is 5.32 Å². The molecule has 0 radical (unpaired) electrons. The standard InChI is InChI=1S/C25H25N3O4S/c1-17-11-13-20(14-12-17)33(31,32)28(22-10-6-7-18(2)19(22)3)16-25(30)27-15-24(29)26-21-8-4-5-9-23(21)27/h4-14H,15-16H2,1-3H3,(H,26,29). The molecule has 0 atom stereocenters. The number of sulfonamides is 1. The fourth-order valence-electron chi connectivity index (χ4n) is 3.81. The molecule has 1 heterocycles. The summed E-state index contributed by atoms with van der Waals surface area (Å²) in [5.41, 5.74) is 4.08. The minimum Gasteiger partial charge on any atom is -0.323 e. The van der Waals surface area contributed by atoms with Crippen molar-refractivity contribution in [1.82, 2.24) is 0 Å². The van der Waals surface area contributed by atoms with Crippen LogP contribution in [-0.2, 0) is 19.6 Å². The minimum atomic E-state index is -4.05. The molecule has 3 aromatic carbocycles. The van der Waals surface area contributed by atoms with E-state index in [0.29, 0.717) is 17.1 Å². The number of rotatable bonds is 5. The largest absolute Gasteiger partial charge is 0.323 e. The second kappa shape index (κ2) is 8.71. The highest BCUT2D eigenvalue weighted by molar-refractivity contribution is 7.92. The Hall–Kier alpha value is -3.65. The van der Waals surface area contributed by atoms with Crippen LogP contribution in [0.4, 0.5) is 17.1 Å². The third-order valence-electron chi connectivity index (χ3n) is 5.80. The van der Waals surface area contributed by atoms with Crippen molar-refractivity contribution in [2.75, 3.05) is 27.6 Å². The molecular weight excluding hydrogens is 438 g/mol. The molecule has 0 aromatic heterocycles. The Morgan fingerprint density at radius 2 is 1.67 bits per heavy atom. The Balaban J connectivity index is 1.78. The first-order valence-corrected chi connectivity index (χ1v) is 12.0. The van der Waals surface area contributed by atoms with E-state index in [9.17, 15) is 18.0 Å². The number of amides is 2. The maximum absolute atomic E-state index is 13.7. The summed E-state index contributed by atoms with van der Waals surface area (Å²) in [6, 6.07) is 18.8. The summed E-state index contributed by atoms with van der Waals surface area (Å²) < 4.78 is 28.6. The van der Waals surface area contributed by atoms with E-state index in [1.54, 1.807) is 48.5 Å². The molecule has 0 bridgehead atoms. The number of para-hydroxylation sites is 2. The highest BCUT2D eigenvalue weighted by Gasteiger charge is 2.33. The molecule has 0 aliphatic carbocycles. The number of carbonyl (C=O) groups is 2. The second-order valence-corrected chi connectivity index (χ2v) is 9.95. The number of hydrogen-bond acceptors (Lipinski definition) is 4. The molecule has 2 amide bonds. The van der Waals surface area contributed by atoms with E-state index in [1.165, 1.54) is 17.0 Å². The lowest BCUT2D eigenvalue weighted by atomic mass is 10.1. The van der Waals surface area contributed by atoms with Crippen LogP contribution in [0, 0.1) is 20.8 Å². The molecule has 8 heteroatoms. The SMILES string of the molecule is Cc1ccc(S(=O)(=O)N(CC(=O)N2CC(=O)Nc3ccccc32)c2cccc(C)c2C)cc1. The Morgan fingerprint density at radius 3 is 2.39 bits per heavy atom. The van der Waals surface area contributed by atoms with E-state index in [1.807, 2.05) is 26.8 Å². The average Bonchev–Trinajstić information content (AvgIpc) is 2.79. The van der Waals surface area contributed by atoms with Crippen LogP contribution in [0.5, 0.6) is 0 Å². The zero-order valence-electron chi connectivity index (χ0n) is 18.7. The number of anilines is 3. The van der Waals surface area contributed by atoms with E-state index < -0.39 is 22.5 Å². The smallest absolute Gasteiger partial charge is 0.264 e. The van der Waals surface area contributed by atoms with E-state index in [-0.39, 0.29) is 17.3 Å². The van der Waals surface area contributed by atoms with Crippen LogP contribution in [0.3, 0.4) is 0 Å².